The highest BCUT2D eigenvalue weighted by Gasteiger charge is 2.34. The number of anilines is 2. The SMILES string of the molecule is CCCNC(=O)[C@@H]1CC(=O)N(c2ccc(OCC(=O)Nc3ccc(C)c(Cl)c3)cc2)C1. The summed E-state index contributed by atoms with van der Waals surface area (Å²) >= 11 is 6.07. The molecular weight excluding hydrogens is 418 g/mol. The quantitative estimate of drug-likeness (QED) is 0.653. The van der Waals surface area contributed by atoms with Crippen LogP contribution in [0, 0.1) is 12.8 Å². The van der Waals surface area contributed by atoms with E-state index in [9.17, 15) is 14.4 Å². The van der Waals surface area contributed by atoms with E-state index in [2.05, 4.69) is 10.6 Å². The summed E-state index contributed by atoms with van der Waals surface area (Å²) in [6.45, 7) is 4.68. The van der Waals surface area contributed by atoms with E-state index in [1.165, 1.54) is 0 Å². The Morgan fingerprint density at radius 2 is 1.94 bits per heavy atom. The molecule has 2 N–H and O–H groups in total. The Balaban J connectivity index is 1.52. The van der Waals surface area contributed by atoms with Crippen LogP contribution in [-0.4, -0.2) is 37.4 Å². The number of aryl methyl sites for hydroxylation is 1. The number of carbonyl (C=O) groups excluding carboxylic acids is 3. The normalized spacial score (nSPS) is 15.6. The van der Waals surface area contributed by atoms with E-state index >= 15 is 0 Å². The fraction of sp³-hybridized carbons (Fsp3) is 0.348. The van der Waals surface area contributed by atoms with Gasteiger partial charge < -0.3 is 20.3 Å². The first-order valence-corrected chi connectivity index (χ1v) is 10.6. The highest BCUT2D eigenvalue weighted by molar-refractivity contribution is 6.31. The van der Waals surface area contributed by atoms with E-state index in [0.29, 0.717) is 35.2 Å². The van der Waals surface area contributed by atoms with Gasteiger partial charge in [0.05, 0.1) is 5.92 Å². The van der Waals surface area contributed by atoms with Crippen LogP contribution < -0.4 is 20.3 Å². The fourth-order valence-electron chi connectivity index (χ4n) is 3.26. The number of ether oxygens (including phenoxy) is 1. The zero-order valence-corrected chi connectivity index (χ0v) is 18.4. The molecule has 164 valence electrons. The Morgan fingerprint density at radius 3 is 2.61 bits per heavy atom. The number of hydrogen-bond donors (Lipinski definition) is 2. The second-order valence-electron chi connectivity index (χ2n) is 7.49. The number of nitrogens with one attached hydrogen (secondary N) is 2. The molecule has 0 radical (unpaired) electrons. The Hall–Kier alpha value is -3.06. The van der Waals surface area contributed by atoms with Crippen LogP contribution in [-0.2, 0) is 14.4 Å². The van der Waals surface area contributed by atoms with E-state index < -0.39 is 0 Å². The molecule has 0 bridgehead atoms. The van der Waals surface area contributed by atoms with Crippen molar-refractivity contribution in [3.8, 4) is 5.75 Å². The Kier molecular flexibility index (Phi) is 7.52. The summed E-state index contributed by atoms with van der Waals surface area (Å²) in [7, 11) is 0. The Morgan fingerprint density at radius 1 is 1.19 bits per heavy atom. The van der Waals surface area contributed by atoms with E-state index in [-0.39, 0.29) is 36.7 Å². The molecule has 8 heteroatoms. The molecule has 3 amide bonds. The summed E-state index contributed by atoms with van der Waals surface area (Å²) in [6.07, 6.45) is 1.06. The van der Waals surface area contributed by atoms with Crippen molar-refractivity contribution in [3.05, 3.63) is 53.1 Å². The zero-order chi connectivity index (χ0) is 22.4. The average Bonchev–Trinajstić information content (AvgIpc) is 3.15. The van der Waals surface area contributed by atoms with Gasteiger partial charge in [-0.25, -0.2) is 0 Å². The number of nitrogens with zero attached hydrogens (tertiary/aromatic N) is 1. The number of carbonyl (C=O) groups is 3. The maximum Gasteiger partial charge on any atom is 0.262 e. The lowest BCUT2D eigenvalue weighted by atomic mass is 10.1. The fourth-order valence-corrected chi connectivity index (χ4v) is 3.44. The first-order valence-electron chi connectivity index (χ1n) is 10.2. The smallest absolute Gasteiger partial charge is 0.262 e. The molecule has 2 aromatic rings. The van der Waals surface area contributed by atoms with Crippen molar-refractivity contribution in [1.82, 2.24) is 5.32 Å². The van der Waals surface area contributed by atoms with Crippen LogP contribution in [0.15, 0.2) is 42.5 Å². The summed E-state index contributed by atoms with van der Waals surface area (Å²) in [5.41, 5.74) is 2.23. The van der Waals surface area contributed by atoms with Crippen molar-refractivity contribution >= 4 is 40.7 Å². The van der Waals surface area contributed by atoms with Gasteiger partial charge in [0.25, 0.3) is 5.91 Å². The first kappa shape index (κ1) is 22.6. The molecule has 31 heavy (non-hydrogen) atoms. The highest BCUT2D eigenvalue weighted by Crippen LogP contribution is 2.27. The molecule has 0 aromatic heterocycles. The van der Waals surface area contributed by atoms with E-state index in [1.54, 1.807) is 41.3 Å². The lowest BCUT2D eigenvalue weighted by molar-refractivity contribution is -0.126. The van der Waals surface area contributed by atoms with E-state index in [4.69, 9.17) is 16.3 Å². The minimum atomic E-state index is -0.339. The van der Waals surface area contributed by atoms with Gasteiger partial charge in [-0.05, 0) is 55.3 Å². The van der Waals surface area contributed by atoms with Gasteiger partial charge in [0.15, 0.2) is 6.61 Å². The second-order valence-corrected chi connectivity index (χ2v) is 7.90. The number of halogens is 1. The molecule has 1 aliphatic rings. The summed E-state index contributed by atoms with van der Waals surface area (Å²) < 4.78 is 5.53. The largest absolute Gasteiger partial charge is 0.484 e. The minimum Gasteiger partial charge on any atom is -0.484 e. The molecule has 0 saturated carbocycles. The molecule has 0 spiro atoms. The van der Waals surface area contributed by atoms with Gasteiger partial charge >= 0.3 is 0 Å². The molecule has 1 aliphatic heterocycles. The minimum absolute atomic E-state index is 0.0820. The maximum atomic E-state index is 12.3. The van der Waals surface area contributed by atoms with Crippen molar-refractivity contribution in [2.75, 3.05) is 29.9 Å². The van der Waals surface area contributed by atoms with Gasteiger partial charge in [-0.2, -0.15) is 0 Å². The molecule has 1 fully saturated rings. The van der Waals surface area contributed by atoms with Gasteiger partial charge in [-0.3, -0.25) is 14.4 Å². The van der Waals surface area contributed by atoms with Crippen molar-refractivity contribution < 1.29 is 19.1 Å². The van der Waals surface area contributed by atoms with Gasteiger partial charge in [0.1, 0.15) is 5.75 Å². The molecular formula is C23H26ClN3O4. The standard InChI is InChI=1S/C23H26ClN3O4/c1-3-10-25-23(30)16-11-22(29)27(13-16)18-6-8-19(9-7-18)31-14-21(28)26-17-5-4-15(2)20(24)12-17/h4-9,12,16H,3,10-11,13-14H2,1-2H3,(H,25,30)(H,26,28)/t16-/m1/s1. The van der Waals surface area contributed by atoms with Gasteiger partial charge in [0, 0.05) is 35.9 Å². The summed E-state index contributed by atoms with van der Waals surface area (Å²) in [6, 6.07) is 12.2. The summed E-state index contributed by atoms with van der Waals surface area (Å²) in [5.74, 6) is -0.307. The van der Waals surface area contributed by atoms with Crippen LogP contribution in [0.1, 0.15) is 25.3 Å². The Bertz CT molecular complexity index is 962. The molecule has 7 nitrogen and oxygen atoms in total. The van der Waals surface area contributed by atoms with Gasteiger partial charge in [0.2, 0.25) is 11.8 Å². The van der Waals surface area contributed by atoms with E-state index in [1.807, 2.05) is 19.9 Å². The maximum absolute atomic E-state index is 12.3. The van der Waals surface area contributed by atoms with Crippen molar-refractivity contribution in [1.29, 1.82) is 0 Å². The Labute approximate surface area is 186 Å². The lowest BCUT2D eigenvalue weighted by Gasteiger charge is -2.17. The third-order valence-corrected chi connectivity index (χ3v) is 5.43. The predicted molar refractivity (Wildman–Crippen MR) is 121 cm³/mol. The second kappa shape index (κ2) is 10.3. The van der Waals surface area contributed by atoms with Crippen LogP contribution in [0.2, 0.25) is 5.02 Å². The number of rotatable bonds is 8. The molecule has 2 aromatic carbocycles. The zero-order valence-electron chi connectivity index (χ0n) is 17.6. The molecule has 1 saturated heterocycles. The average molecular weight is 444 g/mol. The molecule has 1 heterocycles. The first-order chi connectivity index (χ1) is 14.9. The van der Waals surface area contributed by atoms with Crippen LogP contribution in [0.3, 0.4) is 0 Å². The van der Waals surface area contributed by atoms with Crippen LogP contribution in [0.5, 0.6) is 5.75 Å². The van der Waals surface area contributed by atoms with Crippen LogP contribution in [0.4, 0.5) is 11.4 Å². The number of amides is 3. The number of hydrogen-bond acceptors (Lipinski definition) is 4. The third-order valence-electron chi connectivity index (χ3n) is 5.02. The molecule has 0 aliphatic carbocycles. The third kappa shape index (κ3) is 5.98. The molecule has 0 unspecified atom stereocenters. The van der Waals surface area contributed by atoms with Gasteiger partial charge in [-0.15, -0.1) is 0 Å². The van der Waals surface area contributed by atoms with Crippen molar-refractivity contribution in [3.63, 3.8) is 0 Å². The molecule has 3 rings (SSSR count). The van der Waals surface area contributed by atoms with Crippen LogP contribution in [0.25, 0.3) is 0 Å². The predicted octanol–water partition coefficient (Wildman–Crippen LogP) is 3.55. The van der Waals surface area contributed by atoms with E-state index in [0.717, 1.165) is 12.0 Å². The monoisotopic (exact) mass is 443 g/mol. The molecule has 1 atom stereocenters. The summed E-state index contributed by atoms with van der Waals surface area (Å²) in [5, 5.41) is 6.16. The highest BCUT2D eigenvalue weighted by atomic mass is 35.5. The van der Waals surface area contributed by atoms with Crippen LogP contribution >= 0.6 is 11.6 Å². The van der Waals surface area contributed by atoms with Gasteiger partial charge in [-0.1, -0.05) is 24.6 Å². The number of benzene rings is 2. The topological polar surface area (TPSA) is 87.7 Å². The van der Waals surface area contributed by atoms with Crippen molar-refractivity contribution in [2.45, 2.75) is 26.7 Å². The summed E-state index contributed by atoms with van der Waals surface area (Å²) in [4.78, 5) is 38.2. The van der Waals surface area contributed by atoms with Crippen molar-refractivity contribution in [2.24, 2.45) is 5.92 Å². The lowest BCUT2D eigenvalue weighted by Crippen LogP contribution is -2.33.